The molecule has 0 spiro atoms. The van der Waals surface area contributed by atoms with Gasteiger partial charge in [-0.3, -0.25) is 9.80 Å². The summed E-state index contributed by atoms with van der Waals surface area (Å²) >= 11 is 0. The first kappa shape index (κ1) is 19.0. The molecular formula is C19H32N2O3. The van der Waals surface area contributed by atoms with Crippen molar-refractivity contribution in [3.63, 3.8) is 0 Å². The molecule has 0 bridgehead atoms. The van der Waals surface area contributed by atoms with Crippen LogP contribution in [0.5, 0.6) is 11.5 Å². The van der Waals surface area contributed by atoms with Gasteiger partial charge in [-0.25, -0.2) is 0 Å². The summed E-state index contributed by atoms with van der Waals surface area (Å²) in [6.07, 6.45) is 0.800. The summed E-state index contributed by atoms with van der Waals surface area (Å²) in [6.45, 7) is 11.8. The van der Waals surface area contributed by atoms with E-state index in [-0.39, 0.29) is 12.4 Å². The van der Waals surface area contributed by atoms with Gasteiger partial charge in [0.15, 0.2) is 11.5 Å². The Morgan fingerprint density at radius 3 is 2.75 bits per heavy atom. The summed E-state index contributed by atoms with van der Waals surface area (Å²) in [5.74, 6) is 1.44. The molecule has 2 rings (SSSR count). The summed E-state index contributed by atoms with van der Waals surface area (Å²) < 4.78 is 5.48. The third kappa shape index (κ3) is 5.10. The van der Waals surface area contributed by atoms with E-state index in [4.69, 9.17) is 4.74 Å². The van der Waals surface area contributed by atoms with Gasteiger partial charge in [-0.2, -0.15) is 0 Å². The van der Waals surface area contributed by atoms with E-state index in [1.54, 1.807) is 6.07 Å². The third-order valence-electron chi connectivity index (χ3n) is 4.53. The van der Waals surface area contributed by atoms with Gasteiger partial charge in [-0.1, -0.05) is 26.0 Å². The van der Waals surface area contributed by atoms with E-state index in [2.05, 4.69) is 23.6 Å². The highest BCUT2D eigenvalue weighted by Crippen LogP contribution is 2.31. The molecule has 1 aromatic carbocycles. The maximum atomic E-state index is 10.4. The number of aromatic hydroxyl groups is 1. The lowest BCUT2D eigenvalue weighted by Crippen LogP contribution is -2.53. The van der Waals surface area contributed by atoms with Crippen LogP contribution in [0.2, 0.25) is 0 Å². The van der Waals surface area contributed by atoms with Gasteiger partial charge >= 0.3 is 0 Å². The van der Waals surface area contributed by atoms with E-state index in [0.717, 1.165) is 38.2 Å². The van der Waals surface area contributed by atoms with Crippen LogP contribution in [0.4, 0.5) is 0 Å². The minimum absolute atomic E-state index is 0.220. The number of piperazine rings is 1. The number of para-hydroxylation sites is 1. The standard InChI is InChI=1S/C19H32N2O3/c1-4-24-18-7-5-6-16(19(18)23)13-20-9-10-21(12-15(2)3)17(14-20)8-11-22/h5-7,15,17,22-23H,4,8-14H2,1-3H3/t17-/m1/s1. The highest BCUT2D eigenvalue weighted by Gasteiger charge is 2.27. The minimum Gasteiger partial charge on any atom is -0.504 e. The molecule has 1 heterocycles. The predicted molar refractivity (Wildman–Crippen MR) is 96.5 cm³/mol. The minimum atomic E-state index is 0.220. The zero-order chi connectivity index (χ0) is 17.5. The number of nitrogens with zero attached hydrogens (tertiary/aromatic N) is 2. The molecule has 0 radical (unpaired) electrons. The fourth-order valence-electron chi connectivity index (χ4n) is 3.44. The molecule has 136 valence electrons. The average Bonchev–Trinajstić information content (AvgIpc) is 2.54. The smallest absolute Gasteiger partial charge is 0.162 e. The molecule has 0 saturated carbocycles. The first-order valence-corrected chi connectivity index (χ1v) is 9.06. The van der Waals surface area contributed by atoms with Crippen LogP contribution in [0.1, 0.15) is 32.8 Å². The van der Waals surface area contributed by atoms with Crippen LogP contribution in [0, 0.1) is 5.92 Å². The largest absolute Gasteiger partial charge is 0.504 e. The van der Waals surface area contributed by atoms with Crippen LogP contribution >= 0.6 is 0 Å². The number of hydrogen-bond acceptors (Lipinski definition) is 5. The maximum absolute atomic E-state index is 10.4. The fraction of sp³-hybridized carbons (Fsp3) is 0.684. The molecule has 0 unspecified atom stereocenters. The van der Waals surface area contributed by atoms with Gasteiger partial charge in [0.1, 0.15) is 0 Å². The predicted octanol–water partition coefficient (Wildman–Crippen LogP) is 2.32. The van der Waals surface area contributed by atoms with Crippen molar-refractivity contribution in [3.05, 3.63) is 23.8 Å². The van der Waals surface area contributed by atoms with Gasteiger partial charge < -0.3 is 14.9 Å². The zero-order valence-electron chi connectivity index (χ0n) is 15.2. The zero-order valence-corrected chi connectivity index (χ0v) is 15.2. The molecular weight excluding hydrogens is 304 g/mol. The van der Waals surface area contributed by atoms with Gasteiger partial charge in [-0.05, 0) is 25.3 Å². The molecule has 5 heteroatoms. The van der Waals surface area contributed by atoms with E-state index >= 15 is 0 Å². The number of benzene rings is 1. The quantitative estimate of drug-likeness (QED) is 0.763. The second-order valence-electron chi connectivity index (χ2n) is 6.99. The van der Waals surface area contributed by atoms with Crippen LogP contribution in [0.25, 0.3) is 0 Å². The number of hydrogen-bond donors (Lipinski definition) is 2. The molecule has 1 fully saturated rings. The monoisotopic (exact) mass is 336 g/mol. The lowest BCUT2D eigenvalue weighted by atomic mass is 10.0. The Kier molecular flexibility index (Phi) is 7.34. The normalized spacial score (nSPS) is 19.8. The van der Waals surface area contributed by atoms with Crippen LogP contribution in [-0.2, 0) is 6.54 Å². The highest BCUT2D eigenvalue weighted by molar-refractivity contribution is 5.45. The van der Waals surface area contributed by atoms with Gasteiger partial charge in [0.2, 0.25) is 0 Å². The van der Waals surface area contributed by atoms with Gasteiger partial charge in [0.25, 0.3) is 0 Å². The number of aliphatic hydroxyl groups is 1. The molecule has 2 N–H and O–H groups in total. The van der Waals surface area contributed by atoms with Crippen molar-refractivity contribution in [3.8, 4) is 11.5 Å². The number of aliphatic hydroxyl groups excluding tert-OH is 1. The topological polar surface area (TPSA) is 56.2 Å². The number of phenols is 1. The number of ether oxygens (including phenoxy) is 1. The van der Waals surface area contributed by atoms with Crippen molar-refractivity contribution < 1.29 is 14.9 Å². The molecule has 24 heavy (non-hydrogen) atoms. The number of phenolic OH excluding ortho intramolecular Hbond substituents is 1. The second kappa shape index (κ2) is 9.25. The van der Waals surface area contributed by atoms with Crippen LogP contribution < -0.4 is 4.74 Å². The third-order valence-corrected chi connectivity index (χ3v) is 4.53. The summed E-state index contributed by atoms with van der Waals surface area (Å²) in [5, 5.41) is 19.8. The van der Waals surface area contributed by atoms with Crippen LogP contribution in [-0.4, -0.2) is 65.4 Å². The van der Waals surface area contributed by atoms with E-state index in [0.29, 0.717) is 30.9 Å². The first-order chi connectivity index (χ1) is 11.5. The van der Waals surface area contributed by atoms with E-state index in [9.17, 15) is 10.2 Å². The Hall–Kier alpha value is -1.30. The van der Waals surface area contributed by atoms with Crippen molar-refractivity contribution in [2.45, 2.75) is 39.8 Å². The molecule has 0 aliphatic carbocycles. The Labute approximate surface area is 145 Å². The lowest BCUT2D eigenvalue weighted by Gasteiger charge is -2.42. The van der Waals surface area contributed by atoms with Crippen molar-refractivity contribution in [1.29, 1.82) is 0 Å². The lowest BCUT2D eigenvalue weighted by molar-refractivity contribution is 0.0473. The molecule has 1 aliphatic heterocycles. The summed E-state index contributed by atoms with van der Waals surface area (Å²) in [7, 11) is 0. The first-order valence-electron chi connectivity index (χ1n) is 9.06. The Balaban J connectivity index is 2.02. The Morgan fingerprint density at radius 1 is 1.29 bits per heavy atom. The average molecular weight is 336 g/mol. The van der Waals surface area contributed by atoms with Crippen molar-refractivity contribution in [2.24, 2.45) is 5.92 Å². The van der Waals surface area contributed by atoms with Crippen molar-refractivity contribution in [1.82, 2.24) is 9.80 Å². The van der Waals surface area contributed by atoms with Gasteiger partial charge in [-0.15, -0.1) is 0 Å². The molecule has 1 aliphatic rings. The second-order valence-corrected chi connectivity index (χ2v) is 6.99. The van der Waals surface area contributed by atoms with Gasteiger partial charge in [0, 0.05) is 50.9 Å². The molecule has 5 nitrogen and oxygen atoms in total. The molecule has 0 aromatic heterocycles. The van der Waals surface area contributed by atoms with E-state index in [1.807, 2.05) is 19.1 Å². The van der Waals surface area contributed by atoms with Crippen LogP contribution in [0.15, 0.2) is 18.2 Å². The number of rotatable bonds is 8. The van der Waals surface area contributed by atoms with E-state index < -0.39 is 0 Å². The summed E-state index contributed by atoms with van der Waals surface area (Å²) in [4.78, 5) is 4.86. The molecule has 1 aromatic rings. The molecule has 1 saturated heterocycles. The maximum Gasteiger partial charge on any atom is 0.162 e. The Bertz CT molecular complexity index is 507. The fourth-order valence-corrected chi connectivity index (χ4v) is 3.44. The van der Waals surface area contributed by atoms with Crippen molar-refractivity contribution >= 4 is 0 Å². The molecule has 1 atom stereocenters. The Morgan fingerprint density at radius 2 is 2.08 bits per heavy atom. The van der Waals surface area contributed by atoms with Crippen LogP contribution in [0.3, 0.4) is 0 Å². The summed E-state index contributed by atoms with van der Waals surface area (Å²) in [6, 6.07) is 6.07. The van der Waals surface area contributed by atoms with Crippen molar-refractivity contribution in [2.75, 3.05) is 39.4 Å². The molecule has 0 amide bonds. The highest BCUT2D eigenvalue weighted by atomic mass is 16.5. The summed E-state index contributed by atoms with van der Waals surface area (Å²) in [5.41, 5.74) is 0.904. The SMILES string of the molecule is CCOc1cccc(CN2CCN(CC(C)C)[C@H](CCO)C2)c1O. The van der Waals surface area contributed by atoms with E-state index in [1.165, 1.54) is 0 Å². The van der Waals surface area contributed by atoms with Gasteiger partial charge in [0.05, 0.1) is 6.61 Å².